The Morgan fingerprint density at radius 3 is 2.38 bits per heavy atom. The molecule has 2 rings (SSSR count). The molecule has 0 heterocycles. The highest BCUT2D eigenvalue weighted by Crippen LogP contribution is 2.27. The second kappa shape index (κ2) is 8.52. The largest absolute Gasteiger partial charge is 0.497 e. The van der Waals surface area contributed by atoms with Gasteiger partial charge in [0, 0.05) is 5.69 Å². The Morgan fingerprint density at radius 1 is 1.04 bits per heavy atom. The van der Waals surface area contributed by atoms with Crippen molar-refractivity contribution < 1.29 is 19.1 Å². The van der Waals surface area contributed by atoms with Crippen LogP contribution in [-0.4, -0.2) is 25.1 Å². The van der Waals surface area contributed by atoms with E-state index < -0.39 is 12.1 Å². The van der Waals surface area contributed by atoms with Crippen LogP contribution in [0.2, 0.25) is 0 Å². The fourth-order valence-corrected chi connectivity index (χ4v) is 2.60. The van der Waals surface area contributed by atoms with Crippen LogP contribution in [0.3, 0.4) is 0 Å². The molecule has 0 aliphatic heterocycles. The van der Waals surface area contributed by atoms with Gasteiger partial charge in [0.15, 0.2) is 6.10 Å². The zero-order valence-electron chi connectivity index (χ0n) is 15.8. The van der Waals surface area contributed by atoms with Gasteiger partial charge in [0.2, 0.25) is 0 Å². The molecule has 1 amide bonds. The van der Waals surface area contributed by atoms with Gasteiger partial charge in [-0.3, -0.25) is 4.79 Å². The topological polar surface area (TPSA) is 64.6 Å². The van der Waals surface area contributed by atoms with Crippen molar-refractivity contribution in [2.24, 2.45) is 0 Å². The van der Waals surface area contributed by atoms with Gasteiger partial charge < -0.3 is 14.8 Å². The molecule has 0 spiro atoms. The van der Waals surface area contributed by atoms with Crippen LogP contribution in [0.15, 0.2) is 42.5 Å². The minimum absolute atomic E-state index is 0.264. The molecular weight excluding hydrogens is 330 g/mol. The number of anilines is 1. The molecule has 0 saturated heterocycles. The number of amides is 1. The third-order valence-electron chi connectivity index (χ3n) is 4.13. The summed E-state index contributed by atoms with van der Waals surface area (Å²) in [5.74, 6) is -0.115. The Kier molecular flexibility index (Phi) is 6.39. The fourth-order valence-electron chi connectivity index (χ4n) is 2.60. The van der Waals surface area contributed by atoms with E-state index in [4.69, 9.17) is 9.47 Å². The number of esters is 1. The molecule has 1 atom stereocenters. The van der Waals surface area contributed by atoms with Crippen molar-refractivity contribution in [2.75, 3.05) is 12.4 Å². The molecule has 0 unspecified atom stereocenters. The summed E-state index contributed by atoms with van der Waals surface area (Å²) in [6.45, 7) is 7.63. The maximum Gasteiger partial charge on any atom is 0.339 e. The number of benzene rings is 2. The lowest BCUT2D eigenvalue weighted by Gasteiger charge is -2.19. The molecule has 2 aromatic carbocycles. The number of methoxy groups -OCH3 is 1. The summed E-state index contributed by atoms with van der Waals surface area (Å²) >= 11 is 0. The molecule has 138 valence electrons. The maximum atomic E-state index is 12.5. The van der Waals surface area contributed by atoms with Crippen LogP contribution in [0.1, 0.15) is 48.2 Å². The van der Waals surface area contributed by atoms with E-state index in [2.05, 4.69) is 19.2 Å². The Labute approximate surface area is 154 Å². The molecule has 0 radical (unpaired) electrons. The van der Waals surface area contributed by atoms with Crippen LogP contribution in [0.5, 0.6) is 5.75 Å². The SMILES string of the molecule is COc1cccc(C(=O)O[C@@H](C)C(=O)Nc2c(C)cccc2C(C)C)c1. The lowest BCUT2D eigenvalue weighted by molar-refractivity contribution is -0.123. The molecule has 26 heavy (non-hydrogen) atoms. The summed E-state index contributed by atoms with van der Waals surface area (Å²) in [6.07, 6.45) is -0.923. The van der Waals surface area contributed by atoms with Crippen LogP contribution in [0, 0.1) is 6.92 Å². The molecule has 5 heteroatoms. The van der Waals surface area contributed by atoms with E-state index in [1.54, 1.807) is 31.2 Å². The number of aryl methyl sites for hydroxylation is 1. The Balaban J connectivity index is 2.10. The molecule has 5 nitrogen and oxygen atoms in total. The number of rotatable bonds is 6. The van der Waals surface area contributed by atoms with Gasteiger partial charge in [-0.1, -0.05) is 38.1 Å². The summed E-state index contributed by atoms with van der Waals surface area (Å²) in [5, 5.41) is 2.90. The molecule has 0 fully saturated rings. The third-order valence-corrected chi connectivity index (χ3v) is 4.13. The zero-order chi connectivity index (χ0) is 19.3. The first-order chi connectivity index (χ1) is 12.3. The van der Waals surface area contributed by atoms with Gasteiger partial charge in [-0.15, -0.1) is 0 Å². The number of nitrogens with one attached hydrogen (secondary N) is 1. The number of ether oxygens (including phenoxy) is 2. The zero-order valence-corrected chi connectivity index (χ0v) is 15.8. The lowest BCUT2D eigenvalue weighted by Crippen LogP contribution is -2.30. The minimum atomic E-state index is -0.923. The van der Waals surface area contributed by atoms with E-state index in [1.807, 2.05) is 25.1 Å². The molecule has 0 bridgehead atoms. The molecule has 1 N–H and O–H groups in total. The predicted molar refractivity (Wildman–Crippen MR) is 102 cm³/mol. The van der Waals surface area contributed by atoms with Gasteiger partial charge in [0.25, 0.3) is 5.91 Å². The highest BCUT2D eigenvalue weighted by Gasteiger charge is 2.21. The van der Waals surface area contributed by atoms with Crippen molar-refractivity contribution in [2.45, 2.75) is 39.7 Å². The number of carbonyl (C=O) groups is 2. The smallest absolute Gasteiger partial charge is 0.339 e. The average molecular weight is 355 g/mol. The van der Waals surface area contributed by atoms with Gasteiger partial charge in [0.1, 0.15) is 5.75 Å². The summed E-state index contributed by atoms with van der Waals surface area (Å²) in [6, 6.07) is 12.5. The van der Waals surface area contributed by atoms with Crippen LogP contribution >= 0.6 is 0 Å². The molecular formula is C21H25NO4. The quantitative estimate of drug-likeness (QED) is 0.784. The van der Waals surface area contributed by atoms with E-state index in [0.29, 0.717) is 11.3 Å². The van der Waals surface area contributed by atoms with Gasteiger partial charge in [-0.05, 0) is 49.1 Å². The fraction of sp³-hybridized carbons (Fsp3) is 0.333. The standard InChI is InChI=1S/C21H25NO4/c1-13(2)18-11-6-8-14(3)19(18)22-20(23)15(4)26-21(24)16-9-7-10-17(12-16)25-5/h6-13,15H,1-5H3,(H,22,23)/t15-/m0/s1. The second-order valence-electron chi connectivity index (χ2n) is 6.46. The maximum absolute atomic E-state index is 12.5. The van der Waals surface area contributed by atoms with Crippen LogP contribution in [0.25, 0.3) is 0 Å². The molecule has 0 aliphatic carbocycles. The lowest BCUT2D eigenvalue weighted by atomic mass is 9.98. The first-order valence-corrected chi connectivity index (χ1v) is 8.59. The van der Waals surface area contributed by atoms with Crippen molar-refractivity contribution in [1.29, 1.82) is 0 Å². The van der Waals surface area contributed by atoms with E-state index in [9.17, 15) is 9.59 Å². The monoisotopic (exact) mass is 355 g/mol. The van der Waals surface area contributed by atoms with Gasteiger partial charge in [-0.2, -0.15) is 0 Å². The summed E-state index contributed by atoms with van der Waals surface area (Å²) < 4.78 is 10.4. The third kappa shape index (κ3) is 4.63. The molecule has 0 saturated carbocycles. The first kappa shape index (κ1) is 19.5. The second-order valence-corrected chi connectivity index (χ2v) is 6.46. The highest BCUT2D eigenvalue weighted by atomic mass is 16.5. The first-order valence-electron chi connectivity index (χ1n) is 8.59. The average Bonchev–Trinajstić information content (AvgIpc) is 2.62. The molecule has 0 aliphatic rings. The molecule has 0 aromatic heterocycles. The van der Waals surface area contributed by atoms with Crippen LogP contribution in [0.4, 0.5) is 5.69 Å². The normalized spacial score (nSPS) is 11.8. The van der Waals surface area contributed by atoms with Gasteiger partial charge in [0.05, 0.1) is 12.7 Å². The number of carbonyl (C=O) groups excluding carboxylic acids is 2. The van der Waals surface area contributed by atoms with E-state index in [1.165, 1.54) is 7.11 Å². The highest BCUT2D eigenvalue weighted by molar-refractivity contribution is 5.98. The van der Waals surface area contributed by atoms with E-state index in [-0.39, 0.29) is 11.8 Å². The van der Waals surface area contributed by atoms with Crippen molar-refractivity contribution in [3.05, 3.63) is 59.2 Å². The Hall–Kier alpha value is -2.82. The van der Waals surface area contributed by atoms with Crippen molar-refractivity contribution in [3.8, 4) is 5.75 Å². The molecule has 2 aromatic rings. The number of hydrogen-bond donors (Lipinski definition) is 1. The van der Waals surface area contributed by atoms with Gasteiger partial charge in [-0.25, -0.2) is 4.79 Å². The Morgan fingerprint density at radius 2 is 1.73 bits per heavy atom. The predicted octanol–water partition coefficient (Wildman–Crippen LogP) is 4.31. The van der Waals surface area contributed by atoms with Crippen molar-refractivity contribution in [3.63, 3.8) is 0 Å². The Bertz CT molecular complexity index is 798. The van der Waals surface area contributed by atoms with Crippen molar-refractivity contribution in [1.82, 2.24) is 0 Å². The van der Waals surface area contributed by atoms with Crippen LogP contribution < -0.4 is 10.1 Å². The number of para-hydroxylation sites is 1. The van der Waals surface area contributed by atoms with Gasteiger partial charge >= 0.3 is 5.97 Å². The van der Waals surface area contributed by atoms with E-state index >= 15 is 0 Å². The van der Waals surface area contributed by atoms with Crippen LogP contribution in [-0.2, 0) is 9.53 Å². The summed E-state index contributed by atoms with van der Waals surface area (Å²) in [5.41, 5.74) is 3.13. The summed E-state index contributed by atoms with van der Waals surface area (Å²) in [4.78, 5) is 24.8. The minimum Gasteiger partial charge on any atom is -0.497 e. The van der Waals surface area contributed by atoms with Crippen molar-refractivity contribution >= 4 is 17.6 Å². The van der Waals surface area contributed by atoms with E-state index in [0.717, 1.165) is 16.8 Å². The summed E-state index contributed by atoms with van der Waals surface area (Å²) in [7, 11) is 1.52. The number of hydrogen-bond acceptors (Lipinski definition) is 4.